The summed E-state index contributed by atoms with van der Waals surface area (Å²) in [5.74, 6) is 0.280. The van der Waals surface area contributed by atoms with E-state index in [-0.39, 0.29) is 17.4 Å². The highest BCUT2D eigenvalue weighted by atomic mass is 16.5. The Labute approximate surface area is 149 Å². The SMILES string of the molecule is O=C(N1CCOCC1)N1CC[C@@]2(CCCN(C3CCOCC3)C2=O)C1. The molecule has 7 nitrogen and oxygen atoms in total. The number of morpholine rings is 1. The van der Waals surface area contributed by atoms with Crippen LogP contribution < -0.4 is 0 Å². The summed E-state index contributed by atoms with van der Waals surface area (Å²) in [6, 6.07) is 0.401. The molecule has 0 aromatic rings. The molecule has 0 radical (unpaired) electrons. The maximum Gasteiger partial charge on any atom is 0.320 e. The van der Waals surface area contributed by atoms with Gasteiger partial charge in [0.25, 0.3) is 0 Å². The van der Waals surface area contributed by atoms with Crippen LogP contribution in [0.3, 0.4) is 0 Å². The molecule has 0 aliphatic carbocycles. The maximum absolute atomic E-state index is 13.3. The van der Waals surface area contributed by atoms with Crippen LogP contribution >= 0.6 is 0 Å². The van der Waals surface area contributed by atoms with Crippen LogP contribution in [0.15, 0.2) is 0 Å². The van der Waals surface area contributed by atoms with Gasteiger partial charge in [0, 0.05) is 52.0 Å². The van der Waals surface area contributed by atoms with Gasteiger partial charge in [-0.05, 0) is 32.1 Å². The molecule has 25 heavy (non-hydrogen) atoms. The molecule has 7 heteroatoms. The van der Waals surface area contributed by atoms with E-state index in [4.69, 9.17) is 9.47 Å². The molecule has 4 rings (SSSR count). The summed E-state index contributed by atoms with van der Waals surface area (Å²) in [6.07, 6.45) is 4.65. The minimum absolute atomic E-state index is 0.0798. The first-order valence-electron chi connectivity index (χ1n) is 9.70. The number of hydrogen-bond donors (Lipinski definition) is 0. The predicted molar refractivity (Wildman–Crippen MR) is 91.2 cm³/mol. The molecule has 0 unspecified atom stereocenters. The van der Waals surface area contributed by atoms with Crippen molar-refractivity contribution in [3.63, 3.8) is 0 Å². The summed E-state index contributed by atoms with van der Waals surface area (Å²) in [5.41, 5.74) is -0.349. The predicted octanol–water partition coefficient (Wildman–Crippen LogP) is 0.932. The Morgan fingerprint density at radius 3 is 2.40 bits per heavy atom. The van der Waals surface area contributed by atoms with E-state index in [9.17, 15) is 9.59 Å². The third-order valence-corrected chi connectivity index (χ3v) is 6.31. The molecule has 1 spiro atoms. The molecule has 3 amide bonds. The molecular weight excluding hydrogens is 322 g/mol. The second-order valence-corrected chi connectivity index (χ2v) is 7.78. The third kappa shape index (κ3) is 3.24. The molecule has 4 saturated heterocycles. The molecule has 140 valence electrons. The fourth-order valence-corrected chi connectivity index (χ4v) is 4.82. The summed E-state index contributed by atoms with van der Waals surface area (Å²) in [4.78, 5) is 32.0. The van der Waals surface area contributed by atoms with Crippen molar-refractivity contribution < 1.29 is 19.1 Å². The van der Waals surface area contributed by atoms with Crippen LogP contribution in [0.5, 0.6) is 0 Å². The van der Waals surface area contributed by atoms with Crippen molar-refractivity contribution in [3.05, 3.63) is 0 Å². The first-order valence-corrected chi connectivity index (χ1v) is 9.70. The first-order chi connectivity index (χ1) is 12.2. The molecule has 0 bridgehead atoms. The molecule has 4 aliphatic heterocycles. The Balaban J connectivity index is 1.42. The van der Waals surface area contributed by atoms with Gasteiger partial charge in [-0.2, -0.15) is 0 Å². The average Bonchev–Trinajstić information content (AvgIpc) is 3.10. The highest BCUT2D eigenvalue weighted by Crippen LogP contribution is 2.41. The largest absolute Gasteiger partial charge is 0.381 e. The number of nitrogens with zero attached hydrogens (tertiary/aromatic N) is 3. The van der Waals surface area contributed by atoms with Crippen molar-refractivity contribution in [2.75, 3.05) is 59.2 Å². The van der Waals surface area contributed by atoms with Crippen molar-refractivity contribution in [2.45, 2.75) is 38.1 Å². The summed E-state index contributed by atoms with van der Waals surface area (Å²) in [7, 11) is 0. The van der Waals surface area contributed by atoms with Gasteiger partial charge in [-0.3, -0.25) is 4.79 Å². The number of hydrogen-bond acceptors (Lipinski definition) is 4. The highest BCUT2D eigenvalue weighted by molar-refractivity contribution is 5.86. The lowest BCUT2D eigenvalue weighted by Crippen LogP contribution is -2.55. The van der Waals surface area contributed by atoms with Crippen LogP contribution in [0.2, 0.25) is 0 Å². The number of ether oxygens (including phenoxy) is 2. The zero-order valence-electron chi connectivity index (χ0n) is 15.0. The molecule has 4 aliphatic rings. The van der Waals surface area contributed by atoms with Crippen LogP contribution in [0.25, 0.3) is 0 Å². The topological polar surface area (TPSA) is 62.3 Å². The van der Waals surface area contributed by atoms with Gasteiger partial charge < -0.3 is 24.2 Å². The van der Waals surface area contributed by atoms with E-state index in [1.807, 2.05) is 9.80 Å². The lowest BCUT2D eigenvalue weighted by Gasteiger charge is -2.44. The number of piperidine rings is 1. The third-order valence-electron chi connectivity index (χ3n) is 6.31. The summed E-state index contributed by atoms with van der Waals surface area (Å²) < 4.78 is 10.8. The molecule has 0 saturated carbocycles. The van der Waals surface area contributed by atoms with E-state index in [0.29, 0.717) is 45.4 Å². The molecule has 0 aromatic heterocycles. The van der Waals surface area contributed by atoms with Crippen molar-refractivity contribution in [1.82, 2.24) is 14.7 Å². The zero-order chi connectivity index (χ0) is 17.3. The van der Waals surface area contributed by atoms with Crippen LogP contribution in [-0.2, 0) is 14.3 Å². The van der Waals surface area contributed by atoms with Crippen LogP contribution in [0, 0.1) is 5.41 Å². The minimum Gasteiger partial charge on any atom is -0.381 e. The van der Waals surface area contributed by atoms with E-state index < -0.39 is 0 Å². The van der Waals surface area contributed by atoms with Crippen molar-refractivity contribution in [3.8, 4) is 0 Å². The summed E-state index contributed by atoms with van der Waals surface area (Å²) >= 11 is 0. The molecular formula is C18H29N3O4. The minimum atomic E-state index is -0.349. The molecule has 4 heterocycles. The molecule has 0 aromatic carbocycles. The quantitative estimate of drug-likeness (QED) is 0.705. The number of carbonyl (C=O) groups excluding carboxylic acids is 2. The second kappa shape index (κ2) is 7.11. The Morgan fingerprint density at radius 2 is 1.64 bits per heavy atom. The van der Waals surface area contributed by atoms with Gasteiger partial charge >= 0.3 is 6.03 Å². The lowest BCUT2D eigenvalue weighted by atomic mass is 9.77. The Hall–Kier alpha value is -1.34. The number of rotatable bonds is 1. The average molecular weight is 351 g/mol. The Morgan fingerprint density at radius 1 is 0.920 bits per heavy atom. The monoisotopic (exact) mass is 351 g/mol. The fraction of sp³-hybridized carbons (Fsp3) is 0.889. The van der Waals surface area contributed by atoms with Gasteiger partial charge in [-0.1, -0.05) is 0 Å². The van der Waals surface area contributed by atoms with Gasteiger partial charge in [0.15, 0.2) is 0 Å². The normalized spacial score (nSPS) is 31.8. The molecule has 1 atom stereocenters. The Bertz CT molecular complexity index is 516. The van der Waals surface area contributed by atoms with Crippen LogP contribution in [0.1, 0.15) is 32.1 Å². The zero-order valence-corrected chi connectivity index (χ0v) is 15.0. The van der Waals surface area contributed by atoms with E-state index >= 15 is 0 Å². The van der Waals surface area contributed by atoms with E-state index in [0.717, 1.165) is 51.9 Å². The van der Waals surface area contributed by atoms with Crippen LogP contribution in [0.4, 0.5) is 4.79 Å². The fourth-order valence-electron chi connectivity index (χ4n) is 4.82. The molecule has 4 fully saturated rings. The Kier molecular flexibility index (Phi) is 4.86. The van der Waals surface area contributed by atoms with E-state index in [2.05, 4.69) is 4.90 Å². The summed E-state index contributed by atoms with van der Waals surface area (Å²) in [6.45, 7) is 6.19. The van der Waals surface area contributed by atoms with Gasteiger partial charge in [0.1, 0.15) is 0 Å². The maximum atomic E-state index is 13.3. The molecule has 0 N–H and O–H groups in total. The number of amides is 3. The van der Waals surface area contributed by atoms with E-state index in [1.165, 1.54) is 0 Å². The lowest BCUT2D eigenvalue weighted by molar-refractivity contribution is -0.150. The van der Waals surface area contributed by atoms with Crippen molar-refractivity contribution in [1.29, 1.82) is 0 Å². The summed E-state index contributed by atoms with van der Waals surface area (Å²) in [5, 5.41) is 0. The second-order valence-electron chi connectivity index (χ2n) is 7.78. The number of likely N-dealkylation sites (tertiary alicyclic amines) is 2. The van der Waals surface area contributed by atoms with Gasteiger partial charge in [-0.15, -0.1) is 0 Å². The van der Waals surface area contributed by atoms with E-state index in [1.54, 1.807) is 0 Å². The highest BCUT2D eigenvalue weighted by Gasteiger charge is 2.51. The first kappa shape index (κ1) is 17.1. The van der Waals surface area contributed by atoms with Crippen LogP contribution in [-0.4, -0.2) is 91.8 Å². The smallest absolute Gasteiger partial charge is 0.320 e. The van der Waals surface area contributed by atoms with Crippen molar-refractivity contribution in [2.24, 2.45) is 5.41 Å². The number of carbonyl (C=O) groups is 2. The standard InChI is InChI=1S/C18H29N3O4/c22-16-18(4-1-6-21(16)15-2-10-24-11-3-15)5-7-20(14-18)17(23)19-8-12-25-13-9-19/h15H,1-14H2/t18-/m0/s1. The van der Waals surface area contributed by atoms with Crippen molar-refractivity contribution >= 4 is 11.9 Å². The van der Waals surface area contributed by atoms with Gasteiger partial charge in [-0.25, -0.2) is 4.79 Å². The van der Waals surface area contributed by atoms with Gasteiger partial charge in [0.05, 0.1) is 18.6 Å². The number of urea groups is 1. The van der Waals surface area contributed by atoms with Gasteiger partial charge in [0.2, 0.25) is 5.91 Å².